The van der Waals surface area contributed by atoms with Gasteiger partial charge >= 0.3 is 10.3 Å². The summed E-state index contributed by atoms with van der Waals surface area (Å²) in [4.78, 5) is 0. The van der Waals surface area contributed by atoms with Crippen LogP contribution in [0.25, 0.3) is 0 Å². The van der Waals surface area contributed by atoms with Crippen LogP contribution in [-0.2, 0) is 16.8 Å². The van der Waals surface area contributed by atoms with Gasteiger partial charge in [-0.1, -0.05) is 54.1 Å². The van der Waals surface area contributed by atoms with Crippen molar-refractivity contribution in [1.29, 1.82) is 0 Å². The SMILES string of the molecule is Nc1ccccc1Cl.O=S(=O)(O)NCc1ccccc1. The lowest BCUT2D eigenvalue weighted by atomic mass is 10.2. The van der Waals surface area contributed by atoms with Crippen molar-refractivity contribution in [1.82, 2.24) is 4.72 Å². The van der Waals surface area contributed by atoms with E-state index in [2.05, 4.69) is 0 Å². The Morgan fingerprint density at radius 2 is 1.60 bits per heavy atom. The minimum absolute atomic E-state index is 0.111. The molecule has 0 fully saturated rings. The summed E-state index contributed by atoms with van der Waals surface area (Å²) >= 11 is 5.58. The molecule has 0 spiro atoms. The van der Waals surface area contributed by atoms with Crippen LogP contribution in [0.5, 0.6) is 0 Å². The second-order valence-corrected chi connectivity index (χ2v) is 5.45. The number of para-hydroxylation sites is 1. The molecule has 0 bridgehead atoms. The van der Waals surface area contributed by atoms with E-state index in [1.165, 1.54) is 0 Å². The molecule has 0 atom stereocenters. The highest BCUT2D eigenvalue weighted by Crippen LogP contribution is 2.15. The van der Waals surface area contributed by atoms with Gasteiger partial charge in [0.2, 0.25) is 0 Å². The molecule has 0 aromatic heterocycles. The van der Waals surface area contributed by atoms with Gasteiger partial charge in [-0.2, -0.15) is 13.1 Å². The number of nitrogens with two attached hydrogens (primary N) is 1. The second-order valence-electron chi connectivity index (χ2n) is 3.80. The van der Waals surface area contributed by atoms with Crippen molar-refractivity contribution in [2.75, 3.05) is 5.73 Å². The van der Waals surface area contributed by atoms with E-state index in [-0.39, 0.29) is 6.54 Å². The number of nitrogen functional groups attached to an aromatic ring is 1. The molecule has 4 N–H and O–H groups in total. The third-order valence-corrected chi connectivity index (χ3v) is 3.06. The van der Waals surface area contributed by atoms with E-state index in [9.17, 15) is 8.42 Å². The van der Waals surface area contributed by atoms with Crippen LogP contribution in [0, 0.1) is 0 Å². The van der Waals surface area contributed by atoms with E-state index in [0.717, 1.165) is 5.56 Å². The Labute approximate surface area is 123 Å². The van der Waals surface area contributed by atoms with Crippen molar-refractivity contribution in [3.63, 3.8) is 0 Å². The first-order valence-electron chi connectivity index (χ1n) is 5.64. The fourth-order valence-corrected chi connectivity index (χ4v) is 1.73. The summed E-state index contributed by atoms with van der Waals surface area (Å²) in [6.45, 7) is 0.111. The van der Waals surface area contributed by atoms with Gasteiger partial charge in [0, 0.05) is 6.54 Å². The molecule has 0 radical (unpaired) electrons. The predicted molar refractivity (Wildman–Crippen MR) is 80.7 cm³/mol. The average Bonchev–Trinajstić information content (AvgIpc) is 2.41. The molecular formula is C13H15ClN2O3S. The quantitative estimate of drug-likeness (QED) is 0.599. The first-order chi connectivity index (χ1) is 9.38. The first-order valence-corrected chi connectivity index (χ1v) is 7.46. The van der Waals surface area contributed by atoms with Crippen molar-refractivity contribution >= 4 is 27.6 Å². The van der Waals surface area contributed by atoms with Gasteiger partial charge in [-0.15, -0.1) is 0 Å². The van der Waals surface area contributed by atoms with Gasteiger partial charge in [0.25, 0.3) is 0 Å². The van der Waals surface area contributed by atoms with Gasteiger partial charge in [0.05, 0.1) is 10.7 Å². The van der Waals surface area contributed by atoms with E-state index in [0.29, 0.717) is 10.7 Å². The molecular weight excluding hydrogens is 300 g/mol. The Hall–Kier alpha value is -1.60. The van der Waals surface area contributed by atoms with Gasteiger partial charge in [0.1, 0.15) is 0 Å². The fraction of sp³-hybridized carbons (Fsp3) is 0.0769. The Morgan fingerprint density at radius 1 is 1.05 bits per heavy atom. The van der Waals surface area contributed by atoms with E-state index in [1.807, 2.05) is 22.9 Å². The maximum atomic E-state index is 10.2. The van der Waals surface area contributed by atoms with E-state index < -0.39 is 10.3 Å². The Bertz CT molecular complexity index is 612. The average molecular weight is 315 g/mol. The van der Waals surface area contributed by atoms with Crippen LogP contribution in [0.4, 0.5) is 5.69 Å². The molecule has 0 aliphatic rings. The van der Waals surface area contributed by atoms with E-state index in [4.69, 9.17) is 21.9 Å². The molecule has 2 aromatic carbocycles. The zero-order chi connectivity index (χ0) is 15.0. The third kappa shape index (κ3) is 7.10. The number of halogens is 1. The van der Waals surface area contributed by atoms with Crippen molar-refractivity contribution < 1.29 is 13.0 Å². The number of hydrogen-bond donors (Lipinski definition) is 3. The summed E-state index contributed by atoms with van der Waals surface area (Å²) in [5.41, 5.74) is 6.82. The van der Waals surface area contributed by atoms with Crippen LogP contribution in [0.1, 0.15) is 5.56 Å². The van der Waals surface area contributed by atoms with Crippen molar-refractivity contribution in [3.8, 4) is 0 Å². The van der Waals surface area contributed by atoms with Crippen molar-refractivity contribution in [2.24, 2.45) is 0 Å². The topological polar surface area (TPSA) is 92.4 Å². The standard InChI is InChI=1S/C7H9NO3S.C6H6ClN/c9-12(10,11)8-6-7-4-2-1-3-5-7;7-5-3-1-2-4-6(5)8/h1-5,8H,6H2,(H,9,10,11);1-4H,8H2. The molecule has 0 saturated carbocycles. The molecule has 0 saturated heterocycles. The molecule has 2 aromatic rings. The number of rotatable bonds is 3. The van der Waals surface area contributed by atoms with Gasteiger partial charge in [-0.05, 0) is 17.7 Å². The summed E-state index contributed by atoms with van der Waals surface area (Å²) in [7, 11) is -4.07. The van der Waals surface area contributed by atoms with Crippen LogP contribution in [-0.4, -0.2) is 13.0 Å². The molecule has 0 unspecified atom stereocenters. The predicted octanol–water partition coefficient (Wildman–Crippen LogP) is 2.50. The Kier molecular flexibility index (Phi) is 6.47. The molecule has 0 amide bonds. The van der Waals surface area contributed by atoms with Gasteiger partial charge in [0.15, 0.2) is 0 Å². The molecule has 108 valence electrons. The molecule has 20 heavy (non-hydrogen) atoms. The number of anilines is 1. The van der Waals surface area contributed by atoms with Gasteiger partial charge in [-0.25, -0.2) is 0 Å². The summed E-state index contributed by atoms with van der Waals surface area (Å²) in [5.74, 6) is 0. The Balaban J connectivity index is 0.000000217. The van der Waals surface area contributed by atoms with Crippen LogP contribution < -0.4 is 10.5 Å². The summed E-state index contributed by atoms with van der Waals surface area (Å²) in [6.07, 6.45) is 0. The second kappa shape index (κ2) is 7.86. The maximum absolute atomic E-state index is 10.2. The van der Waals surface area contributed by atoms with Gasteiger partial charge < -0.3 is 5.73 Å². The molecule has 2 rings (SSSR count). The normalized spacial score (nSPS) is 10.5. The van der Waals surface area contributed by atoms with Crippen molar-refractivity contribution in [3.05, 3.63) is 65.2 Å². The lowest BCUT2D eigenvalue weighted by Crippen LogP contribution is -2.21. The summed E-state index contributed by atoms with van der Waals surface area (Å²) in [5, 5.41) is 0.618. The molecule has 7 heteroatoms. The highest BCUT2D eigenvalue weighted by Gasteiger charge is 2.01. The van der Waals surface area contributed by atoms with E-state index >= 15 is 0 Å². The number of hydrogen-bond acceptors (Lipinski definition) is 3. The highest BCUT2D eigenvalue weighted by atomic mass is 35.5. The van der Waals surface area contributed by atoms with Crippen molar-refractivity contribution in [2.45, 2.75) is 6.54 Å². The number of nitrogens with one attached hydrogen (secondary N) is 1. The number of benzene rings is 2. The third-order valence-electron chi connectivity index (χ3n) is 2.21. The zero-order valence-electron chi connectivity index (χ0n) is 10.5. The minimum atomic E-state index is -4.07. The molecule has 0 aliphatic carbocycles. The van der Waals surface area contributed by atoms with Crippen LogP contribution in [0.2, 0.25) is 5.02 Å². The van der Waals surface area contributed by atoms with Crippen LogP contribution in [0.15, 0.2) is 54.6 Å². The smallest absolute Gasteiger partial charge is 0.333 e. The molecule has 0 heterocycles. The minimum Gasteiger partial charge on any atom is -0.398 e. The summed E-state index contributed by atoms with van der Waals surface area (Å²) < 4.78 is 30.8. The highest BCUT2D eigenvalue weighted by molar-refractivity contribution is 7.83. The molecule has 5 nitrogen and oxygen atoms in total. The lowest BCUT2D eigenvalue weighted by molar-refractivity contribution is 0.467. The maximum Gasteiger partial charge on any atom is 0.333 e. The first kappa shape index (κ1) is 16.5. The monoisotopic (exact) mass is 314 g/mol. The lowest BCUT2D eigenvalue weighted by Gasteiger charge is -1.99. The largest absolute Gasteiger partial charge is 0.398 e. The summed E-state index contributed by atoms with van der Waals surface area (Å²) in [6, 6.07) is 16.2. The molecule has 0 aliphatic heterocycles. The van der Waals surface area contributed by atoms with Crippen LogP contribution >= 0.6 is 11.6 Å². The Morgan fingerprint density at radius 3 is 2.05 bits per heavy atom. The van der Waals surface area contributed by atoms with E-state index in [1.54, 1.807) is 36.4 Å². The zero-order valence-corrected chi connectivity index (χ0v) is 12.1. The fourth-order valence-electron chi connectivity index (χ4n) is 1.25. The van der Waals surface area contributed by atoms with Crippen LogP contribution in [0.3, 0.4) is 0 Å². The van der Waals surface area contributed by atoms with Gasteiger partial charge in [-0.3, -0.25) is 4.55 Å².